The van der Waals surface area contributed by atoms with Gasteiger partial charge in [0.15, 0.2) is 5.78 Å². The molecular formula is C19H21NO3. The molecule has 0 radical (unpaired) electrons. The molecule has 4 nitrogen and oxygen atoms in total. The van der Waals surface area contributed by atoms with Crippen molar-refractivity contribution in [1.29, 1.82) is 0 Å². The number of benzene rings is 1. The van der Waals surface area contributed by atoms with E-state index in [0.29, 0.717) is 22.7 Å². The Kier molecular flexibility index (Phi) is 4.84. The van der Waals surface area contributed by atoms with Gasteiger partial charge in [0.25, 0.3) is 0 Å². The lowest BCUT2D eigenvalue weighted by Gasteiger charge is -2.04. The number of nitrogens with one attached hydrogen (secondary N) is 1. The third-order valence-electron chi connectivity index (χ3n) is 3.93. The number of rotatable bonds is 5. The zero-order valence-corrected chi connectivity index (χ0v) is 13.8. The Balaban J connectivity index is 2.23. The molecule has 4 heteroatoms. The number of aromatic carboxylic acids is 1. The first-order chi connectivity index (χ1) is 10.8. The van der Waals surface area contributed by atoms with Crippen LogP contribution in [0.25, 0.3) is 6.08 Å². The number of carboxylic acids is 1. The highest BCUT2D eigenvalue weighted by Gasteiger charge is 2.19. The van der Waals surface area contributed by atoms with E-state index in [1.54, 1.807) is 19.9 Å². The maximum Gasteiger partial charge on any atom is 0.352 e. The van der Waals surface area contributed by atoms with Gasteiger partial charge >= 0.3 is 5.97 Å². The fourth-order valence-electron chi connectivity index (χ4n) is 2.58. The monoisotopic (exact) mass is 311 g/mol. The Morgan fingerprint density at radius 1 is 1.13 bits per heavy atom. The molecule has 0 bridgehead atoms. The summed E-state index contributed by atoms with van der Waals surface area (Å²) < 4.78 is 0. The quantitative estimate of drug-likeness (QED) is 0.637. The third-order valence-corrected chi connectivity index (χ3v) is 3.93. The second-order valence-corrected chi connectivity index (χ2v) is 5.95. The molecule has 0 unspecified atom stereocenters. The Morgan fingerprint density at radius 2 is 1.74 bits per heavy atom. The molecule has 0 atom stereocenters. The molecule has 2 rings (SSSR count). The van der Waals surface area contributed by atoms with Crippen LogP contribution in [0.5, 0.6) is 0 Å². The standard InChI is InChI=1S/C19H21NO3/c1-11(2)15-8-5-14(6-9-15)7-10-16(21)17-12(3)18(19(22)23)20-13(17)4/h5-11,20H,1-4H3,(H,22,23)/b10-7+. The van der Waals surface area contributed by atoms with Crippen LogP contribution < -0.4 is 0 Å². The van der Waals surface area contributed by atoms with Crippen LogP contribution in [-0.4, -0.2) is 21.8 Å². The minimum atomic E-state index is -1.06. The van der Waals surface area contributed by atoms with Crippen molar-refractivity contribution in [1.82, 2.24) is 4.98 Å². The summed E-state index contributed by atoms with van der Waals surface area (Å²) in [6.45, 7) is 7.61. The van der Waals surface area contributed by atoms with E-state index < -0.39 is 5.97 Å². The SMILES string of the molecule is Cc1[nH]c(C(=O)O)c(C)c1C(=O)/C=C/c1ccc(C(C)C)cc1. The van der Waals surface area contributed by atoms with Crippen molar-refractivity contribution in [3.63, 3.8) is 0 Å². The van der Waals surface area contributed by atoms with Gasteiger partial charge in [-0.1, -0.05) is 44.2 Å². The third kappa shape index (κ3) is 3.59. The van der Waals surface area contributed by atoms with Gasteiger partial charge in [0.05, 0.1) is 0 Å². The summed E-state index contributed by atoms with van der Waals surface area (Å²) in [7, 11) is 0. The number of H-pyrrole nitrogens is 1. The number of aromatic nitrogens is 1. The van der Waals surface area contributed by atoms with Gasteiger partial charge in [0.1, 0.15) is 5.69 Å². The van der Waals surface area contributed by atoms with Crippen molar-refractivity contribution in [3.8, 4) is 0 Å². The first kappa shape index (κ1) is 16.7. The number of carbonyl (C=O) groups excluding carboxylic acids is 1. The van der Waals surface area contributed by atoms with Gasteiger partial charge in [-0.25, -0.2) is 4.79 Å². The molecule has 0 saturated heterocycles. The van der Waals surface area contributed by atoms with Crippen molar-refractivity contribution in [3.05, 3.63) is 64.0 Å². The summed E-state index contributed by atoms with van der Waals surface area (Å²) in [6.07, 6.45) is 3.23. The highest BCUT2D eigenvalue weighted by atomic mass is 16.4. The van der Waals surface area contributed by atoms with Crippen LogP contribution in [0.3, 0.4) is 0 Å². The highest BCUT2D eigenvalue weighted by molar-refractivity contribution is 6.10. The molecule has 1 aromatic heterocycles. The molecule has 2 aromatic rings. The van der Waals surface area contributed by atoms with Gasteiger partial charge in [-0.15, -0.1) is 0 Å². The number of allylic oxidation sites excluding steroid dienone is 1. The van der Waals surface area contributed by atoms with Gasteiger partial charge in [0.2, 0.25) is 0 Å². The zero-order chi connectivity index (χ0) is 17.1. The lowest BCUT2D eigenvalue weighted by molar-refractivity contribution is 0.0690. The Hall–Kier alpha value is -2.62. The maximum atomic E-state index is 12.4. The highest BCUT2D eigenvalue weighted by Crippen LogP contribution is 2.20. The molecule has 120 valence electrons. The topological polar surface area (TPSA) is 70.2 Å². The number of carboxylic acid groups (broad SMARTS) is 1. The lowest BCUT2D eigenvalue weighted by atomic mass is 10.0. The second-order valence-electron chi connectivity index (χ2n) is 5.95. The number of hydrogen-bond acceptors (Lipinski definition) is 2. The average Bonchev–Trinajstić information content (AvgIpc) is 2.80. The van der Waals surface area contributed by atoms with E-state index >= 15 is 0 Å². The smallest absolute Gasteiger partial charge is 0.352 e. The molecule has 0 amide bonds. The Labute approximate surface area is 135 Å². The van der Waals surface area contributed by atoms with Crippen molar-refractivity contribution >= 4 is 17.8 Å². The summed E-state index contributed by atoms with van der Waals surface area (Å²) >= 11 is 0. The number of aryl methyl sites for hydroxylation is 1. The average molecular weight is 311 g/mol. The van der Waals surface area contributed by atoms with E-state index in [9.17, 15) is 9.59 Å². The fraction of sp³-hybridized carbons (Fsp3) is 0.263. The van der Waals surface area contributed by atoms with Crippen LogP contribution in [0.1, 0.15) is 63.0 Å². The second kappa shape index (κ2) is 6.65. The molecule has 0 spiro atoms. The van der Waals surface area contributed by atoms with Crippen molar-refractivity contribution in [2.75, 3.05) is 0 Å². The summed E-state index contributed by atoms with van der Waals surface area (Å²) in [6, 6.07) is 8.03. The van der Waals surface area contributed by atoms with E-state index in [1.165, 1.54) is 11.6 Å². The number of ketones is 1. The molecule has 0 fully saturated rings. The summed E-state index contributed by atoms with van der Waals surface area (Å²) in [5.74, 6) is -0.788. The molecule has 2 N–H and O–H groups in total. The molecule has 0 saturated carbocycles. The first-order valence-electron chi connectivity index (χ1n) is 7.56. The van der Waals surface area contributed by atoms with E-state index in [2.05, 4.69) is 18.8 Å². The summed E-state index contributed by atoms with van der Waals surface area (Å²) in [5, 5.41) is 9.10. The van der Waals surface area contributed by atoms with Gasteiger partial charge < -0.3 is 10.1 Å². The maximum absolute atomic E-state index is 12.4. The van der Waals surface area contributed by atoms with Crippen LogP contribution in [0.15, 0.2) is 30.3 Å². The zero-order valence-electron chi connectivity index (χ0n) is 13.8. The van der Waals surface area contributed by atoms with Crippen molar-refractivity contribution in [2.45, 2.75) is 33.6 Å². The van der Waals surface area contributed by atoms with Gasteiger partial charge in [-0.05, 0) is 42.5 Å². The van der Waals surface area contributed by atoms with Crippen LogP contribution in [0.2, 0.25) is 0 Å². The fourth-order valence-corrected chi connectivity index (χ4v) is 2.58. The van der Waals surface area contributed by atoms with Gasteiger partial charge in [-0.3, -0.25) is 4.79 Å². The molecule has 1 heterocycles. The predicted octanol–water partition coefficient (Wildman–Crippen LogP) is 4.35. The van der Waals surface area contributed by atoms with Crippen molar-refractivity contribution in [2.24, 2.45) is 0 Å². The predicted molar refractivity (Wildman–Crippen MR) is 91.1 cm³/mol. The minimum absolute atomic E-state index is 0.0699. The molecule has 0 aliphatic heterocycles. The van der Waals surface area contributed by atoms with Gasteiger partial charge in [0, 0.05) is 11.3 Å². The van der Waals surface area contributed by atoms with E-state index in [0.717, 1.165) is 5.56 Å². The summed E-state index contributed by atoms with van der Waals surface area (Å²) in [5.41, 5.74) is 3.73. The molecule has 23 heavy (non-hydrogen) atoms. The molecule has 0 aliphatic rings. The Morgan fingerprint density at radius 3 is 2.22 bits per heavy atom. The van der Waals surface area contributed by atoms with Crippen molar-refractivity contribution < 1.29 is 14.7 Å². The lowest BCUT2D eigenvalue weighted by Crippen LogP contribution is -2.01. The summed E-state index contributed by atoms with van der Waals surface area (Å²) in [4.78, 5) is 26.2. The van der Waals surface area contributed by atoms with E-state index in [-0.39, 0.29) is 11.5 Å². The van der Waals surface area contributed by atoms with E-state index in [4.69, 9.17) is 5.11 Å². The molecule has 1 aromatic carbocycles. The van der Waals surface area contributed by atoms with Gasteiger partial charge in [-0.2, -0.15) is 0 Å². The van der Waals surface area contributed by atoms with Crippen LogP contribution in [-0.2, 0) is 0 Å². The Bertz CT molecular complexity index is 765. The normalized spacial score (nSPS) is 11.3. The number of hydrogen-bond donors (Lipinski definition) is 2. The minimum Gasteiger partial charge on any atom is -0.477 e. The largest absolute Gasteiger partial charge is 0.477 e. The van der Waals surface area contributed by atoms with Crippen LogP contribution in [0.4, 0.5) is 0 Å². The first-order valence-corrected chi connectivity index (χ1v) is 7.56. The van der Waals surface area contributed by atoms with Crippen LogP contribution >= 0.6 is 0 Å². The molecular weight excluding hydrogens is 290 g/mol. The van der Waals surface area contributed by atoms with Crippen LogP contribution in [0, 0.1) is 13.8 Å². The molecule has 0 aliphatic carbocycles. The number of carbonyl (C=O) groups is 2. The number of aromatic amines is 1. The van der Waals surface area contributed by atoms with E-state index in [1.807, 2.05) is 24.3 Å².